The fourth-order valence-electron chi connectivity index (χ4n) is 2.63. The van der Waals surface area contributed by atoms with E-state index in [1.54, 1.807) is 0 Å². The fourth-order valence-corrected chi connectivity index (χ4v) is 3.36. The number of carbonyl (C=O) groups excluding carboxylic acids is 1. The summed E-state index contributed by atoms with van der Waals surface area (Å²) >= 11 is 0. The molecular weight excluding hydrogens is 343 g/mol. The van der Waals surface area contributed by atoms with E-state index in [9.17, 15) is 17.6 Å². The third-order valence-electron chi connectivity index (χ3n) is 3.52. The number of hydrogen-bond donors (Lipinski definition) is 2. The van der Waals surface area contributed by atoms with E-state index < -0.39 is 21.9 Å². The summed E-state index contributed by atoms with van der Waals surface area (Å²) in [7, 11) is -3.54. The number of carbonyl (C=O) groups is 1. The molecule has 0 aliphatic heterocycles. The lowest BCUT2D eigenvalue weighted by Gasteiger charge is -2.18. The predicted molar refractivity (Wildman–Crippen MR) is 96.3 cm³/mol. The summed E-state index contributed by atoms with van der Waals surface area (Å²) in [4.78, 5) is 12.4. The highest BCUT2D eigenvalue weighted by atomic mass is 32.2. The molecule has 0 heterocycles. The van der Waals surface area contributed by atoms with Gasteiger partial charge in [0.05, 0.1) is 12.3 Å². The Kier molecular flexibility index (Phi) is 5.92. The molecule has 2 aromatic carbocycles. The summed E-state index contributed by atoms with van der Waals surface area (Å²) in [5.41, 5.74) is 3.20. The topological polar surface area (TPSA) is 75.3 Å². The van der Waals surface area contributed by atoms with Gasteiger partial charge >= 0.3 is 0 Å². The minimum atomic E-state index is -3.54. The number of hydrogen-bond acceptors (Lipinski definition) is 3. The van der Waals surface area contributed by atoms with Gasteiger partial charge in [-0.25, -0.2) is 17.5 Å². The molecule has 0 aliphatic carbocycles. The van der Waals surface area contributed by atoms with Crippen molar-refractivity contribution in [3.05, 3.63) is 65.0 Å². The number of aryl methyl sites for hydroxylation is 2. The zero-order valence-corrected chi connectivity index (χ0v) is 15.2. The Bertz CT molecular complexity index is 844. The van der Waals surface area contributed by atoms with Crippen LogP contribution in [0.15, 0.2) is 42.5 Å². The smallest absolute Gasteiger partial charge is 0.226 e. The van der Waals surface area contributed by atoms with Crippen LogP contribution in [0.3, 0.4) is 0 Å². The van der Waals surface area contributed by atoms with Crippen molar-refractivity contribution in [2.75, 3.05) is 11.6 Å². The Morgan fingerprint density at radius 3 is 2.16 bits per heavy atom. The summed E-state index contributed by atoms with van der Waals surface area (Å²) in [6, 6.07) is 10.3. The predicted octanol–water partition coefficient (Wildman–Crippen LogP) is 3.06. The molecule has 0 saturated carbocycles. The van der Waals surface area contributed by atoms with E-state index in [0.717, 1.165) is 17.4 Å². The second-order valence-corrected chi connectivity index (χ2v) is 7.90. The number of nitrogens with one attached hydrogen (secondary N) is 2. The molecule has 134 valence electrons. The van der Waals surface area contributed by atoms with Crippen molar-refractivity contribution in [3.63, 3.8) is 0 Å². The Morgan fingerprint density at radius 2 is 1.64 bits per heavy atom. The molecular formula is C18H21FN2O3S. The van der Waals surface area contributed by atoms with Crippen LogP contribution in [0.4, 0.5) is 10.1 Å². The maximum Gasteiger partial charge on any atom is 0.226 e. The number of sulfonamides is 1. The summed E-state index contributed by atoms with van der Waals surface area (Å²) in [6.45, 7) is 3.85. The maximum absolute atomic E-state index is 13.1. The molecule has 2 rings (SSSR count). The third kappa shape index (κ3) is 6.28. The lowest BCUT2D eigenvalue weighted by Crippen LogP contribution is -2.30. The zero-order chi connectivity index (χ0) is 18.6. The number of amides is 1. The standard InChI is InChI=1S/C18H21FN2O3S/c1-12-8-13(2)10-16(9-12)20-18(22)11-17(21-25(3,23)24)14-4-6-15(19)7-5-14/h4-10,17,21H,11H2,1-3H3,(H,20,22). The van der Waals surface area contributed by atoms with Gasteiger partial charge in [0.25, 0.3) is 0 Å². The highest BCUT2D eigenvalue weighted by Gasteiger charge is 2.20. The second-order valence-electron chi connectivity index (χ2n) is 6.12. The summed E-state index contributed by atoms with van der Waals surface area (Å²) in [6.07, 6.45) is 0.914. The van der Waals surface area contributed by atoms with Gasteiger partial charge in [0, 0.05) is 12.1 Å². The quantitative estimate of drug-likeness (QED) is 0.827. The molecule has 2 N–H and O–H groups in total. The van der Waals surface area contributed by atoms with E-state index in [4.69, 9.17) is 0 Å². The average molecular weight is 364 g/mol. The molecule has 0 aliphatic rings. The number of rotatable bonds is 6. The van der Waals surface area contributed by atoms with Gasteiger partial charge in [-0.2, -0.15) is 0 Å². The normalized spacial score (nSPS) is 12.6. The molecule has 0 fully saturated rings. The van der Waals surface area contributed by atoms with Crippen molar-refractivity contribution in [2.24, 2.45) is 0 Å². The van der Waals surface area contributed by atoms with Gasteiger partial charge in [-0.15, -0.1) is 0 Å². The van der Waals surface area contributed by atoms with E-state index in [-0.39, 0.29) is 12.3 Å². The van der Waals surface area contributed by atoms with Crippen LogP contribution in [-0.2, 0) is 14.8 Å². The lowest BCUT2D eigenvalue weighted by molar-refractivity contribution is -0.116. The van der Waals surface area contributed by atoms with E-state index in [0.29, 0.717) is 11.3 Å². The molecule has 0 spiro atoms. The molecule has 0 radical (unpaired) electrons. The Balaban J connectivity index is 2.17. The summed E-state index contributed by atoms with van der Waals surface area (Å²) in [5.74, 6) is -0.767. The van der Waals surface area contributed by atoms with Crippen molar-refractivity contribution in [3.8, 4) is 0 Å². The Morgan fingerprint density at radius 1 is 1.08 bits per heavy atom. The highest BCUT2D eigenvalue weighted by Crippen LogP contribution is 2.20. The van der Waals surface area contributed by atoms with Crippen LogP contribution in [0, 0.1) is 19.7 Å². The van der Waals surface area contributed by atoms with Crippen LogP contribution in [-0.4, -0.2) is 20.6 Å². The third-order valence-corrected chi connectivity index (χ3v) is 4.24. The van der Waals surface area contributed by atoms with Crippen LogP contribution in [0.25, 0.3) is 0 Å². The van der Waals surface area contributed by atoms with Crippen LogP contribution in [0.5, 0.6) is 0 Å². The van der Waals surface area contributed by atoms with Gasteiger partial charge in [0.1, 0.15) is 5.82 Å². The van der Waals surface area contributed by atoms with Gasteiger partial charge in [-0.3, -0.25) is 4.79 Å². The van der Waals surface area contributed by atoms with E-state index in [1.165, 1.54) is 24.3 Å². The van der Waals surface area contributed by atoms with Crippen molar-refractivity contribution in [1.29, 1.82) is 0 Å². The molecule has 0 saturated heterocycles. The first-order valence-electron chi connectivity index (χ1n) is 7.73. The summed E-state index contributed by atoms with van der Waals surface area (Å²) in [5, 5.41) is 2.77. The average Bonchev–Trinajstić information content (AvgIpc) is 2.44. The fraction of sp³-hybridized carbons (Fsp3) is 0.278. The van der Waals surface area contributed by atoms with Gasteiger partial charge in [-0.1, -0.05) is 18.2 Å². The monoisotopic (exact) mass is 364 g/mol. The van der Waals surface area contributed by atoms with E-state index in [1.807, 2.05) is 32.0 Å². The van der Waals surface area contributed by atoms with E-state index >= 15 is 0 Å². The van der Waals surface area contributed by atoms with Crippen molar-refractivity contribution in [2.45, 2.75) is 26.3 Å². The van der Waals surface area contributed by atoms with Gasteiger partial charge in [0.2, 0.25) is 15.9 Å². The largest absolute Gasteiger partial charge is 0.326 e. The van der Waals surface area contributed by atoms with Gasteiger partial charge < -0.3 is 5.32 Å². The van der Waals surface area contributed by atoms with Crippen molar-refractivity contribution < 1.29 is 17.6 Å². The first-order valence-corrected chi connectivity index (χ1v) is 9.62. The molecule has 7 heteroatoms. The zero-order valence-electron chi connectivity index (χ0n) is 14.3. The van der Waals surface area contributed by atoms with Crippen LogP contribution >= 0.6 is 0 Å². The number of benzene rings is 2. The second kappa shape index (κ2) is 7.76. The first-order chi connectivity index (χ1) is 11.6. The van der Waals surface area contributed by atoms with Crippen molar-refractivity contribution >= 4 is 21.6 Å². The maximum atomic E-state index is 13.1. The number of halogens is 1. The minimum absolute atomic E-state index is 0.105. The summed E-state index contributed by atoms with van der Waals surface area (Å²) < 4.78 is 38.7. The molecule has 5 nitrogen and oxygen atoms in total. The lowest BCUT2D eigenvalue weighted by atomic mass is 10.0. The van der Waals surface area contributed by atoms with Crippen LogP contribution in [0.1, 0.15) is 29.2 Å². The molecule has 25 heavy (non-hydrogen) atoms. The molecule has 0 aromatic heterocycles. The van der Waals surface area contributed by atoms with Crippen molar-refractivity contribution in [1.82, 2.24) is 4.72 Å². The Hall–Kier alpha value is -2.25. The van der Waals surface area contributed by atoms with Crippen LogP contribution < -0.4 is 10.0 Å². The molecule has 1 atom stereocenters. The number of anilines is 1. The Labute approximate surface area is 147 Å². The van der Waals surface area contributed by atoms with E-state index in [2.05, 4.69) is 10.0 Å². The minimum Gasteiger partial charge on any atom is -0.326 e. The molecule has 1 unspecified atom stereocenters. The van der Waals surface area contributed by atoms with Crippen LogP contribution in [0.2, 0.25) is 0 Å². The van der Waals surface area contributed by atoms with Gasteiger partial charge in [-0.05, 0) is 54.8 Å². The molecule has 0 bridgehead atoms. The first kappa shape index (κ1) is 19.1. The molecule has 1 amide bonds. The highest BCUT2D eigenvalue weighted by molar-refractivity contribution is 7.88. The molecule has 2 aromatic rings. The SMILES string of the molecule is Cc1cc(C)cc(NC(=O)CC(NS(C)(=O)=O)c2ccc(F)cc2)c1. The van der Waals surface area contributed by atoms with Gasteiger partial charge in [0.15, 0.2) is 0 Å².